The Hall–Kier alpha value is -3.27. The van der Waals surface area contributed by atoms with Crippen LogP contribution in [0, 0.1) is 0 Å². The molecule has 2 amide bonds. The van der Waals surface area contributed by atoms with E-state index < -0.39 is 11.2 Å². The lowest BCUT2D eigenvalue weighted by atomic mass is 9.95. The van der Waals surface area contributed by atoms with E-state index in [1.807, 2.05) is 12.1 Å². The molecule has 4 rings (SSSR count). The second-order valence-electron chi connectivity index (χ2n) is 7.91. The molecular formula is C21H23N5O4S. The van der Waals surface area contributed by atoms with E-state index in [0.29, 0.717) is 24.4 Å². The summed E-state index contributed by atoms with van der Waals surface area (Å²) in [5.41, 5.74) is -0.0773. The Bertz CT molecular complexity index is 1320. The molecule has 0 aliphatic carbocycles. The van der Waals surface area contributed by atoms with Gasteiger partial charge in [0.15, 0.2) is 0 Å². The fourth-order valence-electron chi connectivity index (χ4n) is 4.00. The lowest BCUT2D eigenvalue weighted by molar-refractivity contribution is 0.0779. The number of pyridine rings is 1. The van der Waals surface area contributed by atoms with Crippen LogP contribution in [0.3, 0.4) is 0 Å². The maximum Gasteiger partial charge on any atom is 0.331 e. The van der Waals surface area contributed by atoms with Gasteiger partial charge in [0, 0.05) is 64.8 Å². The highest BCUT2D eigenvalue weighted by molar-refractivity contribution is 7.20. The standard InChI is InChI=1S/C21H23N5O4S/c1-23(2)20(29)17-16(13-6-5-8-22-18(13)31-17)12-7-9-26(11-12)19(28)14-10-15(27)25(4)21(30)24(14)3/h5-6,8,10,12H,7,9,11H2,1-4H3/t12-/m1/s1. The topological polar surface area (TPSA) is 97.5 Å². The molecule has 0 spiro atoms. The van der Waals surface area contributed by atoms with Crippen molar-refractivity contribution in [3.8, 4) is 0 Å². The van der Waals surface area contributed by atoms with E-state index in [1.165, 1.54) is 36.1 Å². The summed E-state index contributed by atoms with van der Waals surface area (Å²) >= 11 is 1.37. The predicted octanol–water partition coefficient (Wildman–Crippen LogP) is 1.03. The summed E-state index contributed by atoms with van der Waals surface area (Å²) < 4.78 is 2.16. The summed E-state index contributed by atoms with van der Waals surface area (Å²) in [5.74, 6) is -0.487. The molecule has 0 saturated carbocycles. The van der Waals surface area contributed by atoms with E-state index in [1.54, 1.807) is 30.1 Å². The molecule has 1 atom stereocenters. The third-order valence-electron chi connectivity index (χ3n) is 5.73. The van der Waals surface area contributed by atoms with Gasteiger partial charge >= 0.3 is 5.69 Å². The van der Waals surface area contributed by atoms with Gasteiger partial charge in [-0.1, -0.05) is 6.07 Å². The first kappa shape index (κ1) is 21.0. The van der Waals surface area contributed by atoms with Gasteiger partial charge in [-0.15, -0.1) is 11.3 Å². The zero-order valence-electron chi connectivity index (χ0n) is 17.8. The average Bonchev–Trinajstić information content (AvgIpc) is 3.38. The van der Waals surface area contributed by atoms with E-state index in [4.69, 9.17) is 0 Å². The van der Waals surface area contributed by atoms with Crippen molar-refractivity contribution in [2.75, 3.05) is 27.2 Å². The Balaban J connectivity index is 1.70. The van der Waals surface area contributed by atoms with E-state index >= 15 is 0 Å². The van der Waals surface area contributed by atoms with Crippen LogP contribution in [0.4, 0.5) is 0 Å². The number of aromatic nitrogens is 3. The Labute approximate surface area is 182 Å². The van der Waals surface area contributed by atoms with Crippen LogP contribution in [0.5, 0.6) is 0 Å². The lowest BCUT2D eigenvalue weighted by Crippen LogP contribution is -2.42. The number of carbonyl (C=O) groups is 2. The first-order chi connectivity index (χ1) is 14.7. The molecule has 10 heteroatoms. The van der Waals surface area contributed by atoms with Gasteiger partial charge in [0.2, 0.25) is 0 Å². The van der Waals surface area contributed by atoms with Gasteiger partial charge in [0.05, 0.1) is 4.88 Å². The van der Waals surface area contributed by atoms with Crippen LogP contribution in [-0.4, -0.2) is 62.9 Å². The monoisotopic (exact) mass is 441 g/mol. The number of rotatable bonds is 3. The van der Waals surface area contributed by atoms with Gasteiger partial charge in [-0.05, 0) is 18.1 Å². The number of amides is 2. The average molecular weight is 442 g/mol. The second kappa shape index (κ2) is 7.77. The number of hydrogen-bond acceptors (Lipinski definition) is 6. The highest BCUT2D eigenvalue weighted by Gasteiger charge is 2.34. The molecular weight excluding hydrogens is 418 g/mol. The van der Waals surface area contributed by atoms with E-state index in [0.717, 1.165) is 20.3 Å². The molecule has 31 heavy (non-hydrogen) atoms. The van der Waals surface area contributed by atoms with Crippen LogP contribution in [0.2, 0.25) is 0 Å². The molecule has 0 radical (unpaired) electrons. The third kappa shape index (κ3) is 3.46. The normalized spacial score (nSPS) is 16.1. The summed E-state index contributed by atoms with van der Waals surface area (Å²) in [7, 11) is 6.29. The van der Waals surface area contributed by atoms with Gasteiger partial charge in [-0.25, -0.2) is 9.78 Å². The third-order valence-corrected chi connectivity index (χ3v) is 6.85. The molecule has 4 heterocycles. The zero-order chi connectivity index (χ0) is 22.4. The lowest BCUT2D eigenvalue weighted by Gasteiger charge is -2.19. The SMILES string of the molecule is CN(C)C(=O)c1sc2ncccc2c1[C@@H]1CCN(C(=O)c2cc(=O)n(C)c(=O)n2C)C1. The minimum Gasteiger partial charge on any atom is -0.344 e. The maximum atomic E-state index is 13.1. The Morgan fingerprint density at radius 1 is 1.19 bits per heavy atom. The van der Waals surface area contributed by atoms with Crippen LogP contribution in [0.1, 0.15) is 38.1 Å². The number of fused-ring (bicyclic) bond motifs is 1. The summed E-state index contributed by atoms with van der Waals surface area (Å²) in [6.45, 7) is 0.872. The molecule has 0 unspecified atom stereocenters. The molecule has 3 aromatic heterocycles. The molecule has 0 bridgehead atoms. The molecule has 1 aliphatic rings. The quantitative estimate of drug-likeness (QED) is 0.605. The van der Waals surface area contributed by atoms with Gasteiger partial charge in [0.25, 0.3) is 17.4 Å². The molecule has 0 N–H and O–H groups in total. The van der Waals surface area contributed by atoms with Crippen LogP contribution in [0.15, 0.2) is 34.0 Å². The predicted molar refractivity (Wildman–Crippen MR) is 118 cm³/mol. The summed E-state index contributed by atoms with van der Waals surface area (Å²) in [4.78, 5) is 59.2. The number of nitrogens with zero attached hydrogens (tertiary/aromatic N) is 5. The molecule has 0 aromatic carbocycles. The van der Waals surface area contributed by atoms with Crippen LogP contribution < -0.4 is 11.2 Å². The van der Waals surface area contributed by atoms with Gasteiger partial charge in [-0.2, -0.15) is 0 Å². The summed E-state index contributed by atoms with van der Waals surface area (Å²) in [5, 5.41) is 0.929. The van der Waals surface area contributed by atoms with Crippen molar-refractivity contribution in [2.45, 2.75) is 12.3 Å². The molecule has 1 saturated heterocycles. The highest BCUT2D eigenvalue weighted by Crippen LogP contribution is 2.40. The minimum absolute atomic E-state index is 0.0376. The van der Waals surface area contributed by atoms with Crippen LogP contribution in [-0.2, 0) is 14.1 Å². The van der Waals surface area contributed by atoms with Gasteiger partial charge in [0.1, 0.15) is 10.5 Å². The van der Waals surface area contributed by atoms with E-state index in [-0.39, 0.29) is 23.4 Å². The second-order valence-corrected chi connectivity index (χ2v) is 8.90. The highest BCUT2D eigenvalue weighted by atomic mass is 32.1. The fraction of sp³-hybridized carbons (Fsp3) is 0.381. The van der Waals surface area contributed by atoms with Crippen molar-refractivity contribution in [3.05, 3.63) is 61.4 Å². The van der Waals surface area contributed by atoms with Crippen molar-refractivity contribution in [1.29, 1.82) is 0 Å². The molecule has 162 valence electrons. The van der Waals surface area contributed by atoms with Crippen molar-refractivity contribution < 1.29 is 9.59 Å². The molecule has 9 nitrogen and oxygen atoms in total. The zero-order valence-corrected chi connectivity index (χ0v) is 18.6. The van der Waals surface area contributed by atoms with Gasteiger partial charge < -0.3 is 9.80 Å². The molecule has 3 aromatic rings. The number of hydrogen-bond donors (Lipinski definition) is 0. The van der Waals surface area contributed by atoms with Crippen LogP contribution >= 0.6 is 11.3 Å². The van der Waals surface area contributed by atoms with Crippen molar-refractivity contribution in [1.82, 2.24) is 23.9 Å². The van der Waals surface area contributed by atoms with E-state index in [9.17, 15) is 19.2 Å². The van der Waals surface area contributed by atoms with Crippen molar-refractivity contribution in [2.24, 2.45) is 14.1 Å². The van der Waals surface area contributed by atoms with Crippen molar-refractivity contribution in [3.63, 3.8) is 0 Å². The maximum absolute atomic E-state index is 13.1. The minimum atomic E-state index is -0.541. The smallest absolute Gasteiger partial charge is 0.331 e. The first-order valence-electron chi connectivity index (χ1n) is 9.86. The van der Waals surface area contributed by atoms with Crippen LogP contribution in [0.25, 0.3) is 10.2 Å². The first-order valence-corrected chi connectivity index (χ1v) is 10.7. The largest absolute Gasteiger partial charge is 0.344 e. The van der Waals surface area contributed by atoms with Gasteiger partial charge in [-0.3, -0.25) is 23.5 Å². The summed E-state index contributed by atoms with van der Waals surface area (Å²) in [6.07, 6.45) is 2.38. The fourth-order valence-corrected chi connectivity index (χ4v) is 5.25. The Morgan fingerprint density at radius 2 is 1.94 bits per heavy atom. The molecule has 1 fully saturated rings. The Morgan fingerprint density at radius 3 is 2.65 bits per heavy atom. The number of likely N-dealkylation sites (tertiary alicyclic amines) is 1. The van der Waals surface area contributed by atoms with E-state index in [2.05, 4.69) is 4.98 Å². The number of thiophene rings is 1. The Kier molecular flexibility index (Phi) is 5.26. The summed E-state index contributed by atoms with van der Waals surface area (Å²) in [6, 6.07) is 4.99. The molecule has 1 aliphatic heterocycles. The van der Waals surface area contributed by atoms with Crippen molar-refractivity contribution >= 4 is 33.4 Å². The number of carbonyl (C=O) groups excluding carboxylic acids is 2.